The molecule has 2 aliphatic rings. The molecule has 7 aromatic rings. The molecule has 4 heteroatoms. The molecule has 1 aliphatic carbocycles. The highest BCUT2D eigenvalue weighted by atomic mass is 16.5. The fourth-order valence-corrected chi connectivity index (χ4v) is 7.39. The van der Waals surface area contributed by atoms with Gasteiger partial charge in [0.05, 0.1) is 28.4 Å². The Balaban J connectivity index is 1.25. The molecule has 0 N–H and O–H groups in total. The number of hydrogen-bond donors (Lipinski definition) is 0. The van der Waals surface area contributed by atoms with Crippen LogP contribution in [0, 0.1) is 11.3 Å². The average Bonchev–Trinajstić information content (AvgIpc) is 3.41. The largest absolute Gasteiger partial charge is 0.457 e. The Morgan fingerprint density at radius 3 is 1.89 bits per heavy atom. The lowest BCUT2D eigenvalue weighted by Crippen LogP contribution is -2.28. The molecule has 0 amide bonds. The van der Waals surface area contributed by atoms with Crippen molar-refractivity contribution in [1.82, 2.24) is 9.97 Å². The number of aromatic nitrogens is 2. The highest BCUT2D eigenvalue weighted by molar-refractivity contribution is 5.90. The first kappa shape index (κ1) is 27.0. The van der Waals surface area contributed by atoms with Gasteiger partial charge in [-0.05, 0) is 71.1 Å². The van der Waals surface area contributed by atoms with Crippen molar-refractivity contribution in [2.75, 3.05) is 0 Å². The van der Waals surface area contributed by atoms with Gasteiger partial charge in [-0.1, -0.05) is 109 Å². The van der Waals surface area contributed by atoms with Gasteiger partial charge in [0.2, 0.25) is 0 Å². The second-order valence-electron chi connectivity index (χ2n) is 12.2. The van der Waals surface area contributed by atoms with E-state index in [2.05, 4.69) is 91.9 Å². The van der Waals surface area contributed by atoms with E-state index in [1.807, 2.05) is 66.7 Å². The van der Waals surface area contributed by atoms with E-state index >= 15 is 0 Å². The lowest BCUT2D eigenvalue weighted by molar-refractivity contribution is 0.431. The molecular weight excluding hydrogens is 574 g/mol. The molecule has 6 aromatic carbocycles. The van der Waals surface area contributed by atoms with E-state index in [0.29, 0.717) is 11.4 Å². The van der Waals surface area contributed by atoms with Gasteiger partial charge < -0.3 is 4.74 Å². The van der Waals surface area contributed by atoms with Crippen molar-refractivity contribution in [2.24, 2.45) is 0 Å². The van der Waals surface area contributed by atoms with Crippen molar-refractivity contribution in [2.45, 2.75) is 12.3 Å². The molecule has 0 spiro atoms. The third-order valence-corrected chi connectivity index (χ3v) is 9.56. The topological polar surface area (TPSA) is 58.8 Å². The van der Waals surface area contributed by atoms with Crippen LogP contribution in [0.15, 0.2) is 146 Å². The van der Waals surface area contributed by atoms with Crippen LogP contribution >= 0.6 is 0 Å². The Morgan fingerprint density at radius 1 is 0.532 bits per heavy atom. The molecule has 1 unspecified atom stereocenters. The van der Waals surface area contributed by atoms with E-state index in [-0.39, 0.29) is 0 Å². The maximum Gasteiger partial charge on any atom is 0.160 e. The average molecular weight is 602 g/mol. The summed E-state index contributed by atoms with van der Waals surface area (Å²) in [5, 5.41) is 10.2. The highest BCUT2D eigenvalue weighted by Crippen LogP contribution is 2.61. The second kappa shape index (κ2) is 10.4. The normalized spacial score (nSPS) is 15.1. The van der Waals surface area contributed by atoms with Gasteiger partial charge in [0, 0.05) is 27.8 Å². The first-order chi connectivity index (χ1) is 23.1. The van der Waals surface area contributed by atoms with Crippen LogP contribution in [0.3, 0.4) is 0 Å². The van der Waals surface area contributed by atoms with Gasteiger partial charge in [-0.25, -0.2) is 9.97 Å². The molecule has 0 saturated carbocycles. The first-order valence-corrected chi connectivity index (χ1v) is 15.7. The van der Waals surface area contributed by atoms with E-state index in [0.717, 1.165) is 78.5 Å². The summed E-state index contributed by atoms with van der Waals surface area (Å²) in [7, 11) is 0. The second-order valence-corrected chi connectivity index (χ2v) is 12.2. The zero-order valence-electron chi connectivity index (χ0n) is 25.6. The number of rotatable bonds is 4. The summed E-state index contributed by atoms with van der Waals surface area (Å²) >= 11 is 0. The summed E-state index contributed by atoms with van der Waals surface area (Å²) in [5.41, 5.74) is 12.4. The molecule has 9 rings (SSSR count). The number of benzene rings is 6. The zero-order valence-corrected chi connectivity index (χ0v) is 25.6. The highest BCUT2D eigenvalue weighted by Gasteiger charge is 2.48. The maximum atomic E-state index is 10.2. The van der Waals surface area contributed by atoms with Crippen LogP contribution in [0.25, 0.3) is 56.2 Å². The smallest absolute Gasteiger partial charge is 0.160 e. The van der Waals surface area contributed by atoms with Crippen LogP contribution in [0.4, 0.5) is 0 Å². The number of hydrogen-bond acceptors (Lipinski definition) is 4. The third kappa shape index (κ3) is 4.14. The minimum atomic E-state index is -0.570. The molecule has 2 heterocycles. The summed E-state index contributed by atoms with van der Waals surface area (Å²) in [5.74, 6) is 2.23. The van der Waals surface area contributed by atoms with Gasteiger partial charge in [-0.2, -0.15) is 5.26 Å². The molecule has 0 bridgehead atoms. The Labute approximate surface area is 273 Å². The number of ether oxygens (including phenoxy) is 1. The first-order valence-electron chi connectivity index (χ1n) is 15.7. The predicted molar refractivity (Wildman–Crippen MR) is 186 cm³/mol. The molecule has 1 aromatic heterocycles. The maximum absolute atomic E-state index is 10.2. The van der Waals surface area contributed by atoms with Gasteiger partial charge in [0.25, 0.3) is 0 Å². The standard InChI is InChI=1S/C43H27N3O/c1-43-35-24-31(21-22-33(35)34-18-10-20-39(41(34)43)47-38-19-9-17-32(26-44)40(38)43)37-25-36(45-42(46-37)28-13-6-3-7-14-28)30-16-8-15-29(23-30)27-11-4-2-5-12-27/h2-25H,1H3. The molecule has 0 saturated heterocycles. The van der Waals surface area contributed by atoms with Crippen LogP contribution in [-0.2, 0) is 5.41 Å². The fourth-order valence-electron chi connectivity index (χ4n) is 7.39. The molecule has 0 fully saturated rings. The SMILES string of the molecule is CC12c3cc(-c4cc(-c5cccc(-c6ccccc6)c5)nc(-c5ccccc5)n4)ccc3-c3cccc(c31)Oc1cccc(C#N)c12. The predicted octanol–water partition coefficient (Wildman–Crippen LogP) is 10.5. The monoisotopic (exact) mass is 601 g/mol. The van der Waals surface area contributed by atoms with Gasteiger partial charge >= 0.3 is 0 Å². The fraction of sp³-hybridized carbons (Fsp3) is 0.0465. The summed E-state index contributed by atoms with van der Waals surface area (Å²) in [6, 6.07) is 52.2. The molecule has 1 atom stereocenters. The Bertz CT molecular complexity index is 2410. The van der Waals surface area contributed by atoms with Crippen molar-refractivity contribution in [1.29, 1.82) is 5.26 Å². The minimum Gasteiger partial charge on any atom is -0.457 e. The van der Waals surface area contributed by atoms with Gasteiger partial charge in [0.1, 0.15) is 11.5 Å². The van der Waals surface area contributed by atoms with Crippen LogP contribution in [-0.4, -0.2) is 9.97 Å². The Kier molecular flexibility index (Phi) is 5.97. The van der Waals surface area contributed by atoms with Gasteiger partial charge in [0.15, 0.2) is 5.82 Å². The van der Waals surface area contributed by atoms with E-state index in [4.69, 9.17) is 14.7 Å². The van der Waals surface area contributed by atoms with E-state index in [9.17, 15) is 5.26 Å². The van der Waals surface area contributed by atoms with Crippen molar-refractivity contribution >= 4 is 0 Å². The van der Waals surface area contributed by atoms with E-state index in [1.165, 1.54) is 0 Å². The van der Waals surface area contributed by atoms with Crippen LogP contribution in [0.2, 0.25) is 0 Å². The molecule has 4 nitrogen and oxygen atoms in total. The Morgan fingerprint density at radius 2 is 1.15 bits per heavy atom. The lowest BCUT2D eigenvalue weighted by Gasteiger charge is -2.36. The van der Waals surface area contributed by atoms with Gasteiger partial charge in [-0.15, -0.1) is 0 Å². The summed E-state index contributed by atoms with van der Waals surface area (Å²) in [6.07, 6.45) is 0. The van der Waals surface area contributed by atoms with E-state index in [1.54, 1.807) is 0 Å². The molecule has 1 aliphatic heterocycles. The molecular formula is C43H27N3O. The van der Waals surface area contributed by atoms with Crippen molar-refractivity contribution in [3.05, 3.63) is 168 Å². The lowest BCUT2D eigenvalue weighted by atomic mass is 9.70. The van der Waals surface area contributed by atoms with Crippen LogP contribution < -0.4 is 4.74 Å². The third-order valence-electron chi connectivity index (χ3n) is 9.56. The van der Waals surface area contributed by atoms with E-state index < -0.39 is 5.41 Å². The molecule has 220 valence electrons. The number of fused-ring (bicyclic) bond motifs is 5. The minimum absolute atomic E-state index is 0.570. The summed E-state index contributed by atoms with van der Waals surface area (Å²) in [6.45, 7) is 2.23. The van der Waals surface area contributed by atoms with Crippen molar-refractivity contribution < 1.29 is 4.74 Å². The van der Waals surface area contributed by atoms with Crippen molar-refractivity contribution in [3.8, 4) is 73.7 Å². The zero-order chi connectivity index (χ0) is 31.5. The quantitative estimate of drug-likeness (QED) is 0.201. The molecule has 0 radical (unpaired) electrons. The Hall–Kier alpha value is -6.31. The molecule has 47 heavy (non-hydrogen) atoms. The van der Waals surface area contributed by atoms with Crippen LogP contribution in [0.1, 0.15) is 29.2 Å². The van der Waals surface area contributed by atoms with Gasteiger partial charge in [-0.3, -0.25) is 0 Å². The van der Waals surface area contributed by atoms with Crippen LogP contribution in [0.5, 0.6) is 11.5 Å². The summed E-state index contributed by atoms with van der Waals surface area (Å²) in [4.78, 5) is 10.2. The van der Waals surface area contributed by atoms with Crippen molar-refractivity contribution in [3.63, 3.8) is 0 Å². The number of nitriles is 1. The summed E-state index contributed by atoms with van der Waals surface area (Å²) < 4.78 is 6.42. The number of nitrogens with zero attached hydrogens (tertiary/aromatic N) is 3.